The number of hydrogen-bond donors (Lipinski definition) is 1. The quantitative estimate of drug-likeness (QED) is 0.503. The highest BCUT2D eigenvalue weighted by Crippen LogP contribution is 2.42. The first kappa shape index (κ1) is 24.0. The van der Waals surface area contributed by atoms with E-state index in [0.29, 0.717) is 5.57 Å². The molecular weight excluding hydrogens is 422 g/mol. The number of aryl methyl sites for hydroxylation is 2. The molecule has 0 heterocycles. The summed E-state index contributed by atoms with van der Waals surface area (Å²) < 4.78 is 15.6. The van der Waals surface area contributed by atoms with Crippen molar-refractivity contribution in [1.82, 2.24) is 5.32 Å². The van der Waals surface area contributed by atoms with E-state index in [1.165, 1.54) is 13.2 Å². The van der Waals surface area contributed by atoms with Crippen molar-refractivity contribution in [3.8, 4) is 0 Å². The Morgan fingerprint density at radius 1 is 1.03 bits per heavy atom. The van der Waals surface area contributed by atoms with Crippen LogP contribution in [0.5, 0.6) is 0 Å². The second-order valence-corrected chi connectivity index (χ2v) is 8.07. The van der Waals surface area contributed by atoms with E-state index < -0.39 is 29.5 Å². The van der Waals surface area contributed by atoms with Crippen LogP contribution in [0.15, 0.2) is 60.2 Å². The first-order chi connectivity index (χ1) is 15.8. The maximum absolute atomic E-state index is 12.9. The Labute approximate surface area is 193 Å². The summed E-state index contributed by atoms with van der Waals surface area (Å²) in [6, 6.07) is 15.1. The van der Waals surface area contributed by atoms with Gasteiger partial charge in [-0.15, -0.1) is 0 Å². The van der Waals surface area contributed by atoms with E-state index in [-0.39, 0.29) is 19.6 Å². The topological polar surface area (TPSA) is 90.9 Å². The Hall–Kier alpha value is -3.61. The first-order valence-electron chi connectivity index (χ1n) is 10.8. The Morgan fingerprint density at radius 3 is 2.39 bits per heavy atom. The van der Waals surface area contributed by atoms with Crippen LogP contribution in [-0.2, 0) is 30.4 Å². The normalized spacial score (nSPS) is 19.4. The molecule has 0 spiro atoms. The standard InChI is InChI=1S/C26H29NO6/c1-5-32-23(28)22-15-26(24(29)31-4,14-21(22)20-12-11-17(2)18(3)13-20)27-25(30)33-16-19-9-7-6-8-10-19/h6-13,15,21H,5,14,16H2,1-4H3,(H,27,30)/t21-,26-/m0/s1. The highest BCUT2D eigenvalue weighted by Gasteiger charge is 2.50. The molecule has 7 heteroatoms. The third kappa shape index (κ3) is 5.42. The van der Waals surface area contributed by atoms with Crippen LogP contribution in [0.3, 0.4) is 0 Å². The zero-order valence-corrected chi connectivity index (χ0v) is 19.3. The van der Waals surface area contributed by atoms with Crippen molar-refractivity contribution in [3.63, 3.8) is 0 Å². The molecule has 2 aromatic rings. The minimum Gasteiger partial charge on any atom is -0.467 e. The summed E-state index contributed by atoms with van der Waals surface area (Å²) in [7, 11) is 1.24. The lowest BCUT2D eigenvalue weighted by molar-refractivity contribution is -0.146. The first-order valence-corrected chi connectivity index (χ1v) is 10.8. The third-order valence-electron chi connectivity index (χ3n) is 5.84. The Morgan fingerprint density at radius 2 is 1.76 bits per heavy atom. The molecule has 7 nitrogen and oxygen atoms in total. The van der Waals surface area contributed by atoms with Crippen LogP contribution in [0.25, 0.3) is 0 Å². The van der Waals surface area contributed by atoms with E-state index in [1.54, 1.807) is 6.92 Å². The predicted octanol–water partition coefficient (Wildman–Crippen LogP) is 4.12. The molecule has 0 unspecified atom stereocenters. The van der Waals surface area contributed by atoms with Crippen molar-refractivity contribution in [3.05, 3.63) is 82.4 Å². The number of nitrogens with one attached hydrogen (secondary N) is 1. The van der Waals surface area contributed by atoms with Gasteiger partial charge in [0.2, 0.25) is 0 Å². The second kappa shape index (κ2) is 10.3. The summed E-state index contributed by atoms with van der Waals surface area (Å²) >= 11 is 0. The number of rotatable bonds is 7. The van der Waals surface area contributed by atoms with Crippen molar-refractivity contribution in [2.75, 3.05) is 13.7 Å². The highest BCUT2D eigenvalue weighted by atomic mass is 16.6. The van der Waals surface area contributed by atoms with E-state index in [1.807, 2.05) is 62.4 Å². The Kier molecular flexibility index (Phi) is 7.53. The minimum absolute atomic E-state index is 0.0406. The number of benzene rings is 2. The number of ether oxygens (including phenoxy) is 3. The van der Waals surface area contributed by atoms with E-state index in [9.17, 15) is 14.4 Å². The fourth-order valence-corrected chi connectivity index (χ4v) is 3.96. The number of carbonyl (C=O) groups excluding carboxylic acids is 3. The minimum atomic E-state index is -1.56. The van der Waals surface area contributed by atoms with E-state index in [2.05, 4.69) is 5.32 Å². The summed E-state index contributed by atoms with van der Waals surface area (Å²) in [4.78, 5) is 38.3. The van der Waals surface area contributed by atoms with Gasteiger partial charge in [0.1, 0.15) is 6.61 Å². The molecule has 0 aromatic heterocycles. The number of esters is 2. The van der Waals surface area contributed by atoms with Crippen LogP contribution in [0.1, 0.15) is 41.5 Å². The Bertz CT molecular complexity index is 1060. The van der Waals surface area contributed by atoms with Crippen LogP contribution in [0.2, 0.25) is 0 Å². The second-order valence-electron chi connectivity index (χ2n) is 8.07. The fraction of sp³-hybridized carbons (Fsp3) is 0.346. The number of carbonyl (C=O) groups is 3. The van der Waals surface area contributed by atoms with Crippen molar-refractivity contribution in [1.29, 1.82) is 0 Å². The molecule has 0 bridgehead atoms. The van der Waals surface area contributed by atoms with Gasteiger partial charge in [-0.25, -0.2) is 14.4 Å². The number of hydrogen-bond acceptors (Lipinski definition) is 6. The molecule has 0 aliphatic heterocycles. The van der Waals surface area contributed by atoms with Gasteiger partial charge in [0.05, 0.1) is 13.7 Å². The molecule has 33 heavy (non-hydrogen) atoms. The molecule has 1 aliphatic carbocycles. The maximum atomic E-state index is 12.9. The zero-order valence-electron chi connectivity index (χ0n) is 19.3. The molecule has 1 N–H and O–H groups in total. The maximum Gasteiger partial charge on any atom is 0.408 e. The van der Waals surface area contributed by atoms with Gasteiger partial charge < -0.3 is 19.5 Å². The summed E-state index contributed by atoms with van der Waals surface area (Å²) in [5, 5.41) is 2.65. The van der Waals surface area contributed by atoms with E-state index >= 15 is 0 Å². The molecule has 3 rings (SSSR count). The van der Waals surface area contributed by atoms with Gasteiger partial charge in [-0.05, 0) is 55.5 Å². The van der Waals surface area contributed by atoms with Gasteiger partial charge in [-0.2, -0.15) is 0 Å². The largest absolute Gasteiger partial charge is 0.467 e. The lowest BCUT2D eigenvalue weighted by Crippen LogP contribution is -2.53. The average molecular weight is 452 g/mol. The molecule has 174 valence electrons. The van der Waals surface area contributed by atoms with Gasteiger partial charge in [0.15, 0.2) is 5.54 Å². The van der Waals surface area contributed by atoms with Crippen LogP contribution in [0, 0.1) is 13.8 Å². The van der Waals surface area contributed by atoms with Crippen molar-refractivity contribution >= 4 is 18.0 Å². The highest BCUT2D eigenvalue weighted by molar-refractivity contribution is 5.97. The Balaban J connectivity index is 1.91. The lowest BCUT2D eigenvalue weighted by Gasteiger charge is -2.26. The molecule has 2 atom stereocenters. The van der Waals surface area contributed by atoms with Gasteiger partial charge in [0.25, 0.3) is 0 Å². The fourth-order valence-electron chi connectivity index (χ4n) is 3.96. The molecule has 0 saturated heterocycles. The van der Waals surface area contributed by atoms with Crippen molar-refractivity contribution in [2.45, 2.75) is 45.3 Å². The molecule has 1 aliphatic rings. The third-order valence-corrected chi connectivity index (χ3v) is 5.84. The van der Waals surface area contributed by atoms with Crippen molar-refractivity contribution < 1.29 is 28.6 Å². The summed E-state index contributed by atoms with van der Waals surface area (Å²) in [6.07, 6.45) is 0.765. The smallest absolute Gasteiger partial charge is 0.408 e. The molecular formula is C26H29NO6. The van der Waals surface area contributed by atoms with Crippen LogP contribution < -0.4 is 5.32 Å². The predicted molar refractivity (Wildman–Crippen MR) is 122 cm³/mol. The SMILES string of the molecule is CCOC(=O)C1=C[C@](NC(=O)OCc2ccccc2)(C(=O)OC)C[C@H]1c1ccc(C)c(C)c1. The van der Waals surface area contributed by atoms with Crippen molar-refractivity contribution in [2.24, 2.45) is 0 Å². The van der Waals surface area contributed by atoms with E-state index in [4.69, 9.17) is 14.2 Å². The molecule has 1 amide bonds. The van der Waals surface area contributed by atoms with E-state index in [0.717, 1.165) is 22.3 Å². The van der Waals surface area contributed by atoms with Crippen LogP contribution >= 0.6 is 0 Å². The molecule has 0 radical (unpaired) electrons. The average Bonchev–Trinajstić information content (AvgIpc) is 3.20. The van der Waals surface area contributed by atoms with Gasteiger partial charge >= 0.3 is 18.0 Å². The monoisotopic (exact) mass is 451 g/mol. The van der Waals surface area contributed by atoms with Gasteiger partial charge in [-0.3, -0.25) is 0 Å². The van der Waals surface area contributed by atoms with Gasteiger partial charge in [-0.1, -0.05) is 48.5 Å². The summed E-state index contributed by atoms with van der Waals surface area (Å²) in [5.41, 5.74) is 2.56. The van der Waals surface area contributed by atoms with Crippen LogP contribution in [-0.4, -0.2) is 37.3 Å². The zero-order chi connectivity index (χ0) is 24.0. The summed E-state index contributed by atoms with van der Waals surface area (Å²) in [5.74, 6) is -1.69. The van der Waals surface area contributed by atoms with Gasteiger partial charge in [0, 0.05) is 11.5 Å². The number of alkyl carbamates (subject to hydrolysis) is 1. The van der Waals surface area contributed by atoms with Crippen LogP contribution in [0.4, 0.5) is 4.79 Å². The lowest BCUT2D eigenvalue weighted by atomic mass is 9.87. The molecule has 0 saturated carbocycles. The summed E-state index contributed by atoms with van der Waals surface area (Å²) in [6.45, 7) is 5.92. The number of methoxy groups -OCH3 is 1. The molecule has 2 aromatic carbocycles. The number of amides is 1. The molecule has 0 fully saturated rings.